The molecule has 0 unspecified atom stereocenters. The van der Waals surface area contributed by atoms with Gasteiger partial charge in [-0.3, -0.25) is 9.59 Å². The minimum Gasteiger partial charge on any atom is -0.353 e. The summed E-state index contributed by atoms with van der Waals surface area (Å²) in [5, 5.41) is 3.26. The zero-order valence-electron chi connectivity index (χ0n) is 14.6. The first-order valence-electron chi connectivity index (χ1n) is 9.98. The number of fused-ring (bicyclic) bond motifs is 2. The molecule has 2 saturated carbocycles. The number of carbonyl (C=O) groups is 2. The van der Waals surface area contributed by atoms with E-state index in [2.05, 4.69) is 17.5 Å². The van der Waals surface area contributed by atoms with Gasteiger partial charge in [-0.1, -0.05) is 31.4 Å². The highest BCUT2D eigenvalue weighted by atomic mass is 16.2. The lowest BCUT2D eigenvalue weighted by atomic mass is 9.89. The number of carbonyl (C=O) groups excluding carboxylic acids is 2. The Morgan fingerprint density at radius 2 is 1.79 bits per heavy atom. The molecule has 0 spiro atoms. The molecule has 24 heavy (non-hydrogen) atoms. The van der Waals surface area contributed by atoms with Crippen LogP contribution in [-0.4, -0.2) is 35.8 Å². The van der Waals surface area contributed by atoms with E-state index in [9.17, 15) is 9.59 Å². The maximum Gasteiger partial charge on any atom is 0.226 e. The van der Waals surface area contributed by atoms with Crippen LogP contribution >= 0.6 is 0 Å². The standard InChI is InChI=1S/C20H30N2O2/c23-19(21-17-6-2-1-3-7-17)16-5-4-10-22(13-16)20(24)18-12-14-8-9-15(18)11-14/h8-9,14-18H,1-7,10-13H2,(H,21,23)/t14-,15-,16-,18+/m0/s1. The molecule has 4 heteroatoms. The summed E-state index contributed by atoms with van der Waals surface area (Å²) in [6.45, 7) is 1.47. The summed E-state index contributed by atoms with van der Waals surface area (Å²) in [6, 6.07) is 0.369. The first kappa shape index (κ1) is 16.2. The molecule has 0 radical (unpaired) electrons. The number of likely N-dealkylation sites (tertiary alicyclic amines) is 1. The highest BCUT2D eigenvalue weighted by Crippen LogP contribution is 2.44. The number of nitrogens with zero attached hydrogens (tertiary/aromatic N) is 1. The number of hydrogen-bond acceptors (Lipinski definition) is 2. The van der Waals surface area contributed by atoms with Crippen molar-refractivity contribution in [1.82, 2.24) is 10.2 Å². The Hall–Kier alpha value is -1.32. The fourth-order valence-corrected chi connectivity index (χ4v) is 5.26. The molecule has 4 nitrogen and oxygen atoms in total. The van der Waals surface area contributed by atoms with Crippen LogP contribution < -0.4 is 5.32 Å². The number of nitrogens with one attached hydrogen (secondary N) is 1. The molecule has 0 aromatic carbocycles. The number of allylic oxidation sites excluding steroid dienone is 2. The quantitative estimate of drug-likeness (QED) is 0.809. The molecule has 1 heterocycles. The topological polar surface area (TPSA) is 49.4 Å². The van der Waals surface area contributed by atoms with E-state index in [4.69, 9.17) is 0 Å². The molecule has 3 aliphatic carbocycles. The molecule has 1 saturated heterocycles. The van der Waals surface area contributed by atoms with Gasteiger partial charge in [-0.15, -0.1) is 0 Å². The van der Waals surface area contributed by atoms with Crippen molar-refractivity contribution in [2.75, 3.05) is 13.1 Å². The van der Waals surface area contributed by atoms with Crippen LogP contribution in [-0.2, 0) is 9.59 Å². The summed E-state index contributed by atoms with van der Waals surface area (Å²) < 4.78 is 0. The van der Waals surface area contributed by atoms with Crippen molar-refractivity contribution in [2.24, 2.45) is 23.7 Å². The first-order valence-corrected chi connectivity index (χ1v) is 9.98. The number of hydrogen-bond donors (Lipinski definition) is 1. The van der Waals surface area contributed by atoms with Crippen molar-refractivity contribution in [3.63, 3.8) is 0 Å². The maximum atomic E-state index is 12.9. The fourth-order valence-electron chi connectivity index (χ4n) is 5.26. The van der Waals surface area contributed by atoms with Crippen LogP contribution in [0.3, 0.4) is 0 Å². The molecular weight excluding hydrogens is 300 g/mol. The van der Waals surface area contributed by atoms with Crippen molar-refractivity contribution < 1.29 is 9.59 Å². The molecular formula is C20H30N2O2. The van der Waals surface area contributed by atoms with Crippen molar-refractivity contribution in [3.8, 4) is 0 Å². The molecule has 4 aliphatic rings. The van der Waals surface area contributed by atoms with Crippen LogP contribution in [0.4, 0.5) is 0 Å². The Balaban J connectivity index is 1.32. The molecule has 0 aromatic heterocycles. The van der Waals surface area contributed by atoms with Gasteiger partial charge < -0.3 is 10.2 Å². The Kier molecular flexibility index (Phi) is 4.64. The van der Waals surface area contributed by atoms with Crippen LogP contribution in [0.5, 0.6) is 0 Å². The Morgan fingerprint density at radius 1 is 0.958 bits per heavy atom. The van der Waals surface area contributed by atoms with Gasteiger partial charge in [-0.25, -0.2) is 0 Å². The Labute approximate surface area is 145 Å². The van der Waals surface area contributed by atoms with Gasteiger partial charge in [0, 0.05) is 25.0 Å². The second-order valence-electron chi connectivity index (χ2n) is 8.35. The van der Waals surface area contributed by atoms with E-state index in [-0.39, 0.29) is 17.7 Å². The predicted molar refractivity (Wildman–Crippen MR) is 93.2 cm³/mol. The lowest BCUT2D eigenvalue weighted by Gasteiger charge is -2.35. The lowest BCUT2D eigenvalue weighted by molar-refractivity contribution is -0.140. The summed E-state index contributed by atoms with van der Waals surface area (Å²) in [7, 11) is 0. The average molecular weight is 330 g/mol. The molecule has 4 atom stereocenters. The van der Waals surface area contributed by atoms with Crippen LogP contribution in [0, 0.1) is 23.7 Å². The second-order valence-corrected chi connectivity index (χ2v) is 8.35. The van der Waals surface area contributed by atoms with Gasteiger partial charge >= 0.3 is 0 Å². The lowest BCUT2D eigenvalue weighted by Crippen LogP contribution is -2.49. The van der Waals surface area contributed by atoms with Gasteiger partial charge in [0.05, 0.1) is 5.92 Å². The van der Waals surface area contributed by atoms with E-state index < -0.39 is 0 Å². The van der Waals surface area contributed by atoms with Crippen LogP contribution in [0.1, 0.15) is 57.8 Å². The summed E-state index contributed by atoms with van der Waals surface area (Å²) in [5.41, 5.74) is 0. The largest absolute Gasteiger partial charge is 0.353 e. The zero-order valence-corrected chi connectivity index (χ0v) is 14.6. The third-order valence-electron chi connectivity index (χ3n) is 6.65. The minimum absolute atomic E-state index is 0.00115. The molecule has 0 aromatic rings. The third kappa shape index (κ3) is 3.25. The van der Waals surface area contributed by atoms with Gasteiger partial charge in [-0.2, -0.15) is 0 Å². The van der Waals surface area contributed by atoms with Crippen molar-refractivity contribution in [1.29, 1.82) is 0 Å². The average Bonchev–Trinajstić information content (AvgIpc) is 3.25. The number of amides is 2. The fraction of sp³-hybridized carbons (Fsp3) is 0.800. The summed E-state index contributed by atoms with van der Waals surface area (Å²) in [6.07, 6.45) is 14.6. The molecule has 2 amide bonds. The second kappa shape index (κ2) is 6.89. The highest BCUT2D eigenvalue weighted by molar-refractivity contribution is 5.83. The van der Waals surface area contributed by atoms with Gasteiger partial charge in [0.25, 0.3) is 0 Å². The number of piperidine rings is 1. The van der Waals surface area contributed by atoms with E-state index in [1.54, 1.807) is 0 Å². The van der Waals surface area contributed by atoms with E-state index in [1.807, 2.05) is 4.90 Å². The van der Waals surface area contributed by atoms with Gasteiger partial charge in [0.1, 0.15) is 0 Å². The van der Waals surface area contributed by atoms with Crippen LogP contribution in [0.2, 0.25) is 0 Å². The smallest absolute Gasteiger partial charge is 0.226 e. The van der Waals surface area contributed by atoms with E-state index >= 15 is 0 Å². The zero-order chi connectivity index (χ0) is 16.5. The molecule has 2 bridgehead atoms. The van der Waals surface area contributed by atoms with E-state index in [0.717, 1.165) is 45.1 Å². The monoisotopic (exact) mass is 330 g/mol. The van der Waals surface area contributed by atoms with E-state index in [0.29, 0.717) is 30.3 Å². The molecule has 4 rings (SSSR count). The van der Waals surface area contributed by atoms with Crippen molar-refractivity contribution in [3.05, 3.63) is 12.2 Å². The minimum atomic E-state index is -0.00115. The van der Waals surface area contributed by atoms with Gasteiger partial charge in [-0.05, 0) is 50.4 Å². The van der Waals surface area contributed by atoms with E-state index in [1.165, 1.54) is 19.3 Å². The molecule has 1 N–H and O–H groups in total. The highest BCUT2D eigenvalue weighted by Gasteiger charge is 2.42. The number of rotatable bonds is 3. The maximum absolute atomic E-state index is 12.9. The van der Waals surface area contributed by atoms with Crippen LogP contribution in [0.15, 0.2) is 12.2 Å². The SMILES string of the molecule is O=C(NC1CCCCC1)[C@H]1CCCN(C(=O)[C@@H]2C[C@H]3C=C[C@H]2C3)C1. The van der Waals surface area contributed by atoms with Gasteiger partial charge in [0.15, 0.2) is 0 Å². The van der Waals surface area contributed by atoms with Crippen LogP contribution in [0.25, 0.3) is 0 Å². The Bertz CT molecular complexity index is 524. The third-order valence-corrected chi connectivity index (χ3v) is 6.65. The molecule has 3 fully saturated rings. The molecule has 132 valence electrons. The summed E-state index contributed by atoms with van der Waals surface area (Å²) >= 11 is 0. The normalized spacial score (nSPS) is 36.1. The predicted octanol–water partition coefficient (Wildman–Crippen LogP) is 2.89. The Morgan fingerprint density at radius 3 is 2.50 bits per heavy atom. The van der Waals surface area contributed by atoms with Crippen molar-refractivity contribution >= 4 is 11.8 Å². The van der Waals surface area contributed by atoms with Crippen molar-refractivity contribution in [2.45, 2.75) is 63.8 Å². The first-order chi connectivity index (χ1) is 11.7. The summed E-state index contributed by atoms with van der Waals surface area (Å²) in [5.74, 6) is 1.76. The summed E-state index contributed by atoms with van der Waals surface area (Å²) in [4.78, 5) is 27.5. The van der Waals surface area contributed by atoms with Gasteiger partial charge in [0.2, 0.25) is 11.8 Å². The molecule has 1 aliphatic heterocycles.